The van der Waals surface area contributed by atoms with Crippen LogP contribution in [0.2, 0.25) is 0 Å². The molecule has 0 radical (unpaired) electrons. The van der Waals surface area contributed by atoms with Gasteiger partial charge in [0.25, 0.3) is 0 Å². The first kappa shape index (κ1) is 23.9. The van der Waals surface area contributed by atoms with E-state index in [-0.39, 0.29) is 0 Å². The smallest absolute Gasteiger partial charge is 0.0594 e. The number of nitrogens with zero attached hydrogens (tertiary/aromatic N) is 2. The molecule has 0 amide bonds. The van der Waals surface area contributed by atoms with Gasteiger partial charge < -0.3 is 9.47 Å². The zero-order valence-electron chi connectivity index (χ0n) is 21.4. The van der Waals surface area contributed by atoms with E-state index in [0.717, 1.165) is 78.5 Å². The molecule has 0 spiro atoms. The lowest BCUT2D eigenvalue weighted by Gasteiger charge is -2.27. The van der Waals surface area contributed by atoms with E-state index >= 15 is 0 Å². The van der Waals surface area contributed by atoms with E-state index in [1.807, 2.05) is 0 Å². The number of ether oxygens (including phenoxy) is 2. The van der Waals surface area contributed by atoms with Gasteiger partial charge in [0.1, 0.15) is 0 Å². The summed E-state index contributed by atoms with van der Waals surface area (Å²) in [5, 5.41) is 8.49. The third-order valence-corrected chi connectivity index (χ3v) is 8.12. The number of benzene rings is 4. The van der Waals surface area contributed by atoms with Gasteiger partial charge >= 0.3 is 0 Å². The summed E-state index contributed by atoms with van der Waals surface area (Å²) < 4.78 is 11.1. The zero-order chi connectivity index (χ0) is 24.2. The summed E-state index contributed by atoms with van der Waals surface area (Å²) in [6.07, 6.45) is 4.59. The summed E-state index contributed by atoms with van der Waals surface area (Å²) in [6, 6.07) is 22.9. The van der Waals surface area contributed by atoms with Crippen molar-refractivity contribution < 1.29 is 9.47 Å². The minimum absolute atomic E-state index is 0.872. The predicted octanol–water partition coefficient (Wildman–Crippen LogP) is 5.68. The summed E-state index contributed by atoms with van der Waals surface area (Å²) in [7, 11) is 0. The summed E-state index contributed by atoms with van der Waals surface area (Å²) in [5.41, 5.74) is 3.05. The average Bonchev–Trinajstić information content (AvgIpc) is 2.94. The van der Waals surface area contributed by atoms with Gasteiger partial charge in [0, 0.05) is 26.2 Å². The van der Waals surface area contributed by atoms with E-state index in [9.17, 15) is 0 Å². The van der Waals surface area contributed by atoms with Crippen molar-refractivity contribution in [3.8, 4) is 0 Å². The van der Waals surface area contributed by atoms with Gasteiger partial charge in [-0.15, -0.1) is 0 Å². The van der Waals surface area contributed by atoms with Gasteiger partial charge in [0.2, 0.25) is 0 Å². The van der Waals surface area contributed by atoms with Crippen molar-refractivity contribution in [1.29, 1.82) is 0 Å². The van der Waals surface area contributed by atoms with Gasteiger partial charge in [-0.2, -0.15) is 0 Å². The Hall–Kier alpha value is -2.50. The van der Waals surface area contributed by atoms with E-state index in [4.69, 9.17) is 9.47 Å². The van der Waals surface area contributed by atoms with Gasteiger partial charge in [-0.3, -0.25) is 9.80 Å². The molecule has 0 saturated carbocycles. The Morgan fingerprint density at radius 2 is 0.944 bits per heavy atom. The van der Waals surface area contributed by atoms with Crippen LogP contribution in [0.1, 0.15) is 24.0 Å². The largest absolute Gasteiger partial charge is 0.379 e. The fraction of sp³-hybridized carbons (Fsp3) is 0.438. The molecule has 2 aliphatic heterocycles. The summed E-state index contributed by atoms with van der Waals surface area (Å²) in [6.45, 7) is 10.0. The molecule has 4 aromatic carbocycles. The van der Waals surface area contributed by atoms with Crippen LogP contribution in [0.4, 0.5) is 0 Å². The number of morpholine rings is 2. The molecule has 6 rings (SSSR count). The highest BCUT2D eigenvalue weighted by molar-refractivity contribution is 6.10. The molecule has 188 valence electrons. The number of hydrogen-bond donors (Lipinski definition) is 0. The first-order chi connectivity index (χ1) is 17.9. The molecule has 0 aliphatic carbocycles. The Kier molecular flexibility index (Phi) is 7.47. The SMILES string of the molecule is c1ccc2cc3c(CCCN4CCOCC4)c4ccccc4c(CCCN4CCOCC4)c3cc2c1. The highest BCUT2D eigenvalue weighted by atomic mass is 16.5. The topological polar surface area (TPSA) is 24.9 Å². The summed E-state index contributed by atoms with van der Waals surface area (Å²) >= 11 is 0. The van der Waals surface area contributed by atoms with Crippen molar-refractivity contribution in [1.82, 2.24) is 9.80 Å². The molecule has 2 aliphatic rings. The van der Waals surface area contributed by atoms with Crippen molar-refractivity contribution >= 4 is 32.3 Å². The number of rotatable bonds is 8. The molecular formula is C32H38N2O2. The molecule has 0 aromatic heterocycles. The molecule has 4 heteroatoms. The third-order valence-electron chi connectivity index (χ3n) is 8.12. The normalized spacial score (nSPS) is 17.9. The van der Waals surface area contributed by atoms with Crippen molar-refractivity contribution in [2.45, 2.75) is 25.7 Å². The van der Waals surface area contributed by atoms with E-state index in [1.54, 1.807) is 0 Å². The summed E-state index contributed by atoms with van der Waals surface area (Å²) in [4.78, 5) is 5.12. The Bertz CT molecular complexity index is 1220. The molecule has 36 heavy (non-hydrogen) atoms. The van der Waals surface area contributed by atoms with Crippen molar-refractivity contribution in [2.24, 2.45) is 0 Å². The maximum atomic E-state index is 5.55. The predicted molar refractivity (Wildman–Crippen MR) is 150 cm³/mol. The maximum Gasteiger partial charge on any atom is 0.0594 e. The Morgan fingerprint density at radius 1 is 0.528 bits per heavy atom. The second-order valence-corrected chi connectivity index (χ2v) is 10.4. The molecule has 0 unspecified atom stereocenters. The van der Waals surface area contributed by atoms with Gasteiger partial charge in [-0.05, 0) is 94.3 Å². The van der Waals surface area contributed by atoms with E-state index in [1.165, 1.54) is 56.3 Å². The van der Waals surface area contributed by atoms with E-state index < -0.39 is 0 Å². The lowest BCUT2D eigenvalue weighted by molar-refractivity contribution is 0.0374. The molecular weight excluding hydrogens is 444 g/mol. The minimum atomic E-state index is 0.872. The fourth-order valence-corrected chi connectivity index (χ4v) is 6.19. The van der Waals surface area contributed by atoms with E-state index in [0.29, 0.717) is 0 Å². The molecule has 0 N–H and O–H groups in total. The standard InChI is InChI=1S/C32H38N2O2/c1-2-8-26-24-32-30(12-6-14-34-17-21-36-22-18-34)28-10-4-3-9-27(28)29(31(32)23-25(26)7-1)11-5-13-33-15-19-35-20-16-33/h1-4,7-10,23-24H,5-6,11-22H2. The molecule has 4 nitrogen and oxygen atoms in total. The molecule has 2 saturated heterocycles. The van der Waals surface area contributed by atoms with Crippen LogP contribution in [-0.2, 0) is 22.3 Å². The first-order valence-electron chi connectivity index (χ1n) is 13.8. The highest BCUT2D eigenvalue weighted by Crippen LogP contribution is 2.37. The van der Waals surface area contributed by atoms with Crippen LogP contribution >= 0.6 is 0 Å². The summed E-state index contributed by atoms with van der Waals surface area (Å²) in [5.74, 6) is 0. The van der Waals surface area contributed by atoms with Crippen LogP contribution in [0.3, 0.4) is 0 Å². The van der Waals surface area contributed by atoms with Crippen LogP contribution in [0.15, 0.2) is 60.7 Å². The van der Waals surface area contributed by atoms with Crippen molar-refractivity contribution in [3.63, 3.8) is 0 Å². The lowest BCUT2D eigenvalue weighted by Crippen LogP contribution is -2.37. The van der Waals surface area contributed by atoms with Crippen LogP contribution in [-0.4, -0.2) is 75.5 Å². The minimum Gasteiger partial charge on any atom is -0.379 e. The van der Waals surface area contributed by atoms with Gasteiger partial charge in [-0.1, -0.05) is 48.5 Å². The third kappa shape index (κ3) is 5.14. The lowest BCUT2D eigenvalue weighted by atomic mass is 9.86. The van der Waals surface area contributed by atoms with Crippen LogP contribution in [0, 0.1) is 0 Å². The van der Waals surface area contributed by atoms with Gasteiger partial charge in [0.15, 0.2) is 0 Å². The Balaban J connectivity index is 1.37. The second kappa shape index (κ2) is 11.3. The molecule has 2 fully saturated rings. The van der Waals surface area contributed by atoms with Gasteiger partial charge in [0.05, 0.1) is 26.4 Å². The molecule has 0 bridgehead atoms. The molecule has 0 atom stereocenters. The van der Waals surface area contributed by atoms with Crippen molar-refractivity contribution in [3.05, 3.63) is 71.8 Å². The Labute approximate surface area is 214 Å². The van der Waals surface area contributed by atoms with Crippen LogP contribution in [0.5, 0.6) is 0 Å². The van der Waals surface area contributed by atoms with E-state index in [2.05, 4.69) is 70.5 Å². The number of aryl methyl sites for hydroxylation is 2. The van der Waals surface area contributed by atoms with Crippen LogP contribution < -0.4 is 0 Å². The monoisotopic (exact) mass is 482 g/mol. The molecule has 2 heterocycles. The quantitative estimate of drug-likeness (QED) is 0.302. The van der Waals surface area contributed by atoms with Crippen LogP contribution in [0.25, 0.3) is 32.3 Å². The zero-order valence-corrected chi connectivity index (χ0v) is 21.4. The molecule has 4 aromatic rings. The first-order valence-corrected chi connectivity index (χ1v) is 13.8. The Morgan fingerprint density at radius 3 is 1.39 bits per heavy atom. The van der Waals surface area contributed by atoms with Crippen molar-refractivity contribution in [2.75, 3.05) is 65.7 Å². The maximum absolute atomic E-state index is 5.55. The highest BCUT2D eigenvalue weighted by Gasteiger charge is 2.17. The average molecular weight is 483 g/mol. The second-order valence-electron chi connectivity index (χ2n) is 10.4. The number of fused-ring (bicyclic) bond motifs is 3. The van der Waals surface area contributed by atoms with Gasteiger partial charge in [-0.25, -0.2) is 0 Å². The fourth-order valence-electron chi connectivity index (χ4n) is 6.19. The number of hydrogen-bond acceptors (Lipinski definition) is 4.